The fraction of sp³-hybridized carbons (Fsp3) is 0.480. The summed E-state index contributed by atoms with van der Waals surface area (Å²) in [5, 5.41) is 2.69. The Kier molecular flexibility index (Phi) is 7.09. The lowest BCUT2D eigenvalue weighted by Gasteiger charge is -2.34. The summed E-state index contributed by atoms with van der Waals surface area (Å²) in [4.78, 5) is 51.8. The number of likely N-dealkylation sites (tertiary alicyclic amines) is 2. The molecule has 0 spiro atoms. The Hall–Kier alpha value is -3.90. The van der Waals surface area contributed by atoms with Gasteiger partial charge in [-0.1, -0.05) is 30.3 Å². The Morgan fingerprint density at radius 1 is 1.08 bits per heavy atom. The number of halogens is 3. The largest absolute Gasteiger partial charge is 0.406 e. The Morgan fingerprint density at radius 2 is 1.82 bits per heavy atom. The molecule has 2 fully saturated rings. The lowest BCUT2D eigenvalue weighted by atomic mass is 9.93. The van der Waals surface area contributed by atoms with E-state index in [0.717, 1.165) is 10.5 Å². The normalized spacial score (nSPS) is 21.5. The second-order valence-electron chi connectivity index (χ2n) is 9.80. The van der Waals surface area contributed by atoms with Gasteiger partial charge in [-0.05, 0) is 31.2 Å². The van der Waals surface area contributed by atoms with Gasteiger partial charge in [-0.2, -0.15) is 13.2 Å². The zero-order valence-electron chi connectivity index (χ0n) is 20.5. The molecule has 3 aromatic rings. The second-order valence-corrected chi connectivity index (χ2v) is 9.80. The third kappa shape index (κ3) is 5.50. The highest BCUT2D eigenvalue weighted by Gasteiger charge is 2.40. The number of aromatic nitrogens is 4. The molecule has 2 saturated heterocycles. The monoisotopic (exact) mass is 531 g/mol. The van der Waals surface area contributed by atoms with Gasteiger partial charge >= 0.3 is 17.9 Å². The van der Waals surface area contributed by atoms with E-state index in [4.69, 9.17) is 0 Å². The predicted octanol–water partition coefficient (Wildman–Crippen LogP) is 2.80. The maximum Gasteiger partial charge on any atom is 0.406 e. The first kappa shape index (κ1) is 25.7. The van der Waals surface area contributed by atoms with Gasteiger partial charge in [0.05, 0.1) is 6.20 Å². The Labute approximate surface area is 215 Å². The fourth-order valence-corrected chi connectivity index (χ4v) is 5.44. The number of hydrogen-bond donors (Lipinski definition) is 2. The highest BCUT2D eigenvalue weighted by Crippen LogP contribution is 2.30. The Morgan fingerprint density at radius 3 is 2.53 bits per heavy atom. The van der Waals surface area contributed by atoms with Gasteiger partial charge in [0, 0.05) is 31.6 Å². The number of piperidine rings is 1. The molecule has 38 heavy (non-hydrogen) atoms. The van der Waals surface area contributed by atoms with Crippen molar-refractivity contribution in [2.24, 2.45) is 0 Å². The van der Waals surface area contributed by atoms with Crippen LogP contribution in [0.4, 0.5) is 18.0 Å². The topological polar surface area (TPSA) is 116 Å². The number of carbonyl (C=O) groups excluding carboxylic acids is 2. The number of benzene rings is 1. The third-order valence-corrected chi connectivity index (χ3v) is 7.31. The SMILES string of the molecule is O=C(N[C@@H]1CC[C@@H](c2ccccc2)CN(CC(F)(F)F)C1=O)N1CCC(n2c(=O)[nH]c3ncncc32)CC1. The van der Waals surface area contributed by atoms with Crippen molar-refractivity contribution < 1.29 is 22.8 Å². The first-order chi connectivity index (χ1) is 18.2. The Balaban J connectivity index is 1.25. The van der Waals surface area contributed by atoms with Crippen molar-refractivity contribution in [3.8, 4) is 0 Å². The van der Waals surface area contributed by atoms with Crippen molar-refractivity contribution >= 4 is 23.1 Å². The number of nitrogens with one attached hydrogen (secondary N) is 2. The summed E-state index contributed by atoms with van der Waals surface area (Å²) in [5.41, 5.74) is 1.58. The number of urea groups is 1. The van der Waals surface area contributed by atoms with Crippen LogP contribution in [0.2, 0.25) is 0 Å². The van der Waals surface area contributed by atoms with Crippen molar-refractivity contribution in [3.05, 3.63) is 58.9 Å². The van der Waals surface area contributed by atoms with Gasteiger partial charge in [0.15, 0.2) is 5.65 Å². The molecule has 0 saturated carbocycles. The molecule has 4 heterocycles. The Bertz CT molecular complexity index is 1350. The molecule has 0 unspecified atom stereocenters. The van der Waals surface area contributed by atoms with Crippen LogP contribution in [0.3, 0.4) is 0 Å². The number of amides is 3. The van der Waals surface area contributed by atoms with E-state index in [0.29, 0.717) is 43.5 Å². The van der Waals surface area contributed by atoms with Crippen molar-refractivity contribution in [1.82, 2.24) is 34.6 Å². The highest BCUT2D eigenvalue weighted by molar-refractivity contribution is 5.87. The van der Waals surface area contributed by atoms with Gasteiger partial charge in [-0.3, -0.25) is 14.3 Å². The van der Waals surface area contributed by atoms with Crippen LogP contribution in [0.1, 0.15) is 43.2 Å². The molecule has 2 aliphatic heterocycles. The van der Waals surface area contributed by atoms with E-state index < -0.39 is 30.7 Å². The van der Waals surface area contributed by atoms with E-state index in [1.165, 1.54) is 11.2 Å². The van der Waals surface area contributed by atoms with Crippen LogP contribution in [-0.4, -0.2) is 79.7 Å². The first-order valence-corrected chi connectivity index (χ1v) is 12.6. The molecule has 2 N–H and O–H groups in total. The van der Waals surface area contributed by atoms with Gasteiger partial charge in [0.1, 0.15) is 24.4 Å². The summed E-state index contributed by atoms with van der Waals surface area (Å²) in [6.07, 6.45) is 0.0361. The molecule has 3 amide bonds. The van der Waals surface area contributed by atoms with E-state index >= 15 is 0 Å². The first-order valence-electron chi connectivity index (χ1n) is 12.6. The van der Waals surface area contributed by atoms with Crippen LogP contribution < -0.4 is 11.0 Å². The van der Waals surface area contributed by atoms with Crippen LogP contribution in [0.25, 0.3) is 11.2 Å². The van der Waals surface area contributed by atoms with Gasteiger partial charge in [0.25, 0.3) is 0 Å². The number of imidazole rings is 1. The number of aromatic amines is 1. The minimum absolute atomic E-state index is 0.0663. The van der Waals surface area contributed by atoms with Crippen molar-refractivity contribution in [2.45, 2.75) is 49.9 Å². The standard InChI is InChI=1S/C25H28F3N7O3/c26-25(27,28)14-34-13-17(16-4-2-1-3-5-16)6-7-19(22(34)36)31-23(37)33-10-8-18(9-11-33)35-20-12-29-15-30-21(20)32-24(35)38/h1-5,12,15,17-19H,6-11,13-14H2,(H,31,37)(H,29,30,32,38)/t17-,19-/m1/s1. The summed E-state index contributed by atoms with van der Waals surface area (Å²) in [6.45, 7) is -0.786. The predicted molar refractivity (Wildman–Crippen MR) is 131 cm³/mol. The molecular weight excluding hydrogens is 503 g/mol. The number of fused-ring (bicyclic) bond motifs is 1. The van der Waals surface area contributed by atoms with Gasteiger partial charge in [0.2, 0.25) is 5.91 Å². The van der Waals surface area contributed by atoms with Gasteiger partial charge in [-0.15, -0.1) is 0 Å². The lowest BCUT2D eigenvalue weighted by molar-refractivity contribution is -0.162. The van der Waals surface area contributed by atoms with Crippen molar-refractivity contribution in [3.63, 3.8) is 0 Å². The summed E-state index contributed by atoms with van der Waals surface area (Å²) in [7, 11) is 0. The molecule has 1 aromatic carbocycles. The average molecular weight is 532 g/mol. The zero-order chi connectivity index (χ0) is 26.9. The van der Waals surface area contributed by atoms with E-state index in [9.17, 15) is 27.6 Å². The molecule has 2 aliphatic rings. The van der Waals surface area contributed by atoms with Gasteiger partial charge in [-0.25, -0.2) is 19.6 Å². The molecule has 202 valence electrons. The molecule has 0 radical (unpaired) electrons. The molecular formula is C25H28F3N7O3. The number of alkyl halides is 3. The maximum absolute atomic E-state index is 13.3. The van der Waals surface area contributed by atoms with Crippen LogP contribution in [0.15, 0.2) is 47.7 Å². The second kappa shape index (κ2) is 10.5. The van der Waals surface area contributed by atoms with Crippen molar-refractivity contribution in [2.75, 3.05) is 26.2 Å². The van der Waals surface area contributed by atoms with Gasteiger partial charge < -0.3 is 15.1 Å². The van der Waals surface area contributed by atoms with E-state index in [1.54, 1.807) is 10.8 Å². The third-order valence-electron chi connectivity index (χ3n) is 7.31. The fourth-order valence-electron chi connectivity index (χ4n) is 5.44. The summed E-state index contributed by atoms with van der Waals surface area (Å²) < 4.78 is 41.5. The van der Waals surface area contributed by atoms with E-state index in [-0.39, 0.29) is 30.6 Å². The number of rotatable bonds is 4. The summed E-state index contributed by atoms with van der Waals surface area (Å²) in [5.74, 6) is -0.993. The number of hydrogen-bond acceptors (Lipinski definition) is 5. The lowest BCUT2D eigenvalue weighted by Crippen LogP contribution is -2.54. The van der Waals surface area contributed by atoms with Crippen LogP contribution in [0.5, 0.6) is 0 Å². The molecule has 2 aromatic heterocycles. The molecule has 10 nitrogen and oxygen atoms in total. The smallest absolute Gasteiger partial charge is 0.331 e. The maximum atomic E-state index is 13.3. The number of H-pyrrole nitrogens is 1. The molecule has 0 bridgehead atoms. The highest BCUT2D eigenvalue weighted by atomic mass is 19.4. The van der Waals surface area contributed by atoms with E-state index in [1.807, 2.05) is 30.3 Å². The molecule has 5 rings (SSSR count). The zero-order valence-corrected chi connectivity index (χ0v) is 20.5. The number of nitrogens with zero attached hydrogens (tertiary/aromatic N) is 5. The number of carbonyl (C=O) groups is 2. The minimum Gasteiger partial charge on any atom is -0.331 e. The van der Waals surface area contributed by atoms with Crippen LogP contribution in [-0.2, 0) is 4.79 Å². The quantitative estimate of drug-likeness (QED) is 0.537. The van der Waals surface area contributed by atoms with Crippen LogP contribution in [0, 0.1) is 0 Å². The molecule has 13 heteroatoms. The summed E-state index contributed by atoms with van der Waals surface area (Å²) in [6, 6.07) is 7.43. The molecule has 2 atom stereocenters. The molecule has 0 aliphatic carbocycles. The minimum atomic E-state index is -4.55. The van der Waals surface area contributed by atoms with Crippen molar-refractivity contribution in [1.29, 1.82) is 0 Å². The van der Waals surface area contributed by atoms with E-state index in [2.05, 4.69) is 20.3 Å². The summed E-state index contributed by atoms with van der Waals surface area (Å²) >= 11 is 0. The van der Waals surface area contributed by atoms with Crippen LogP contribution >= 0.6 is 0 Å². The average Bonchev–Trinajstić information content (AvgIpc) is 3.16.